The molecule has 6 rings (SSSR count). The average Bonchev–Trinajstić information content (AvgIpc) is 3.23. The second-order valence-electron chi connectivity index (χ2n) is 8.22. The lowest BCUT2D eigenvalue weighted by Gasteiger charge is -2.14. The minimum Gasteiger partial charge on any atom is -0.309 e. The topological polar surface area (TPSA) is 4.93 Å². The van der Waals surface area contributed by atoms with E-state index in [1.54, 1.807) is 0 Å². The van der Waals surface area contributed by atoms with Crippen molar-refractivity contribution < 1.29 is 0 Å². The monoisotopic (exact) mass is 421 g/mol. The molecule has 156 valence electrons. The van der Waals surface area contributed by atoms with Gasteiger partial charge in [-0.1, -0.05) is 121 Å². The molecule has 0 aliphatic carbocycles. The van der Waals surface area contributed by atoms with Crippen molar-refractivity contribution in [2.24, 2.45) is 0 Å². The predicted molar refractivity (Wildman–Crippen MR) is 141 cm³/mol. The Morgan fingerprint density at radius 1 is 0.515 bits per heavy atom. The Balaban J connectivity index is 1.73. The van der Waals surface area contributed by atoms with Crippen LogP contribution in [-0.4, -0.2) is 4.57 Å². The lowest BCUT2D eigenvalue weighted by atomic mass is 9.99. The van der Waals surface area contributed by atoms with Crippen molar-refractivity contribution in [2.45, 2.75) is 0 Å². The van der Waals surface area contributed by atoms with Gasteiger partial charge in [-0.3, -0.25) is 0 Å². The van der Waals surface area contributed by atoms with Crippen LogP contribution in [0.4, 0.5) is 0 Å². The van der Waals surface area contributed by atoms with Gasteiger partial charge < -0.3 is 4.57 Å². The van der Waals surface area contributed by atoms with Crippen LogP contribution in [0, 0.1) is 0 Å². The first-order valence-electron chi connectivity index (χ1n) is 11.3. The third-order valence-corrected chi connectivity index (χ3v) is 6.20. The molecule has 0 atom stereocenters. The van der Waals surface area contributed by atoms with Crippen molar-refractivity contribution in [1.29, 1.82) is 0 Å². The maximum atomic E-state index is 2.42. The summed E-state index contributed by atoms with van der Waals surface area (Å²) in [5.41, 5.74) is 8.45. The number of fused-ring (bicyclic) bond motifs is 3. The van der Waals surface area contributed by atoms with E-state index >= 15 is 0 Å². The minimum absolute atomic E-state index is 1.17. The third-order valence-electron chi connectivity index (χ3n) is 6.20. The Morgan fingerprint density at radius 2 is 1.12 bits per heavy atom. The number of nitrogens with zero attached hydrogens (tertiary/aromatic N) is 1. The van der Waals surface area contributed by atoms with Gasteiger partial charge in [0.05, 0.1) is 16.7 Å². The smallest absolute Gasteiger partial charge is 0.0547 e. The highest BCUT2D eigenvalue weighted by molar-refractivity contribution is 6.17. The summed E-state index contributed by atoms with van der Waals surface area (Å²) >= 11 is 0. The quantitative estimate of drug-likeness (QED) is 0.251. The summed E-state index contributed by atoms with van der Waals surface area (Å²) in [7, 11) is 0. The number of benzene rings is 5. The van der Waals surface area contributed by atoms with E-state index in [1.165, 1.54) is 49.8 Å². The normalized spacial score (nSPS) is 11.8. The number of hydrogen-bond acceptors (Lipinski definition) is 0. The molecule has 0 spiro atoms. The molecule has 0 unspecified atom stereocenters. The van der Waals surface area contributed by atoms with Crippen LogP contribution in [0.3, 0.4) is 0 Å². The summed E-state index contributed by atoms with van der Waals surface area (Å²) in [6, 6.07) is 47.3. The van der Waals surface area contributed by atoms with Gasteiger partial charge in [0.1, 0.15) is 0 Å². The first kappa shape index (κ1) is 19.3. The van der Waals surface area contributed by atoms with Crippen molar-refractivity contribution in [3.63, 3.8) is 0 Å². The summed E-state index contributed by atoms with van der Waals surface area (Å²) in [5.74, 6) is 0. The van der Waals surface area contributed by atoms with Gasteiger partial charge in [0.25, 0.3) is 0 Å². The first-order valence-corrected chi connectivity index (χ1v) is 11.3. The van der Waals surface area contributed by atoms with E-state index in [-0.39, 0.29) is 0 Å². The Morgan fingerprint density at radius 3 is 1.88 bits per heavy atom. The van der Waals surface area contributed by atoms with E-state index in [0.717, 1.165) is 0 Å². The van der Waals surface area contributed by atoms with E-state index in [9.17, 15) is 0 Å². The van der Waals surface area contributed by atoms with Crippen LogP contribution in [0.25, 0.3) is 44.7 Å². The molecule has 1 heterocycles. The van der Waals surface area contributed by atoms with Gasteiger partial charge in [-0.25, -0.2) is 0 Å². The van der Waals surface area contributed by atoms with Crippen LogP contribution < -0.4 is 0 Å². The van der Waals surface area contributed by atoms with E-state index in [4.69, 9.17) is 0 Å². The SMILES string of the molecule is C(=C(c1ccccc1)n1c2ccccc2c2c(-c3ccccc3)cccc21)c1ccccc1. The van der Waals surface area contributed by atoms with Crippen LogP contribution in [0.15, 0.2) is 133 Å². The highest BCUT2D eigenvalue weighted by atomic mass is 15.0. The molecule has 1 aromatic heterocycles. The maximum Gasteiger partial charge on any atom is 0.0547 e. The van der Waals surface area contributed by atoms with E-state index in [2.05, 4.69) is 144 Å². The average molecular weight is 422 g/mol. The molecule has 1 nitrogen and oxygen atoms in total. The molecule has 0 aliphatic heterocycles. The number of rotatable bonds is 4. The highest BCUT2D eigenvalue weighted by Crippen LogP contribution is 2.39. The molecule has 0 saturated carbocycles. The zero-order valence-electron chi connectivity index (χ0n) is 18.2. The van der Waals surface area contributed by atoms with Crippen LogP contribution >= 0.6 is 0 Å². The second-order valence-corrected chi connectivity index (χ2v) is 8.22. The number of para-hydroxylation sites is 1. The van der Waals surface area contributed by atoms with Crippen LogP contribution in [-0.2, 0) is 0 Å². The molecule has 0 fully saturated rings. The minimum atomic E-state index is 1.17. The van der Waals surface area contributed by atoms with Crippen LogP contribution in [0.2, 0.25) is 0 Å². The number of aromatic nitrogens is 1. The van der Waals surface area contributed by atoms with Crippen molar-refractivity contribution in [3.05, 3.63) is 145 Å². The maximum absolute atomic E-state index is 2.42. The second kappa shape index (κ2) is 8.29. The van der Waals surface area contributed by atoms with Crippen LogP contribution in [0.1, 0.15) is 11.1 Å². The number of hydrogen-bond donors (Lipinski definition) is 0. The molecule has 1 heteroatoms. The first-order chi connectivity index (χ1) is 16.4. The molecule has 0 N–H and O–H groups in total. The summed E-state index contributed by atoms with van der Waals surface area (Å²) in [6.45, 7) is 0. The molecule has 5 aromatic carbocycles. The third kappa shape index (κ3) is 3.44. The van der Waals surface area contributed by atoms with E-state index in [0.29, 0.717) is 0 Å². The van der Waals surface area contributed by atoms with E-state index < -0.39 is 0 Å². The fourth-order valence-electron chi connectivity index (χ4n) is 4.73. The molecule has 0 aliphatic rings. The summed E-state index contributed by atoms with van der Waals surface area (Å²) in [6.07, 6.45) is 2.29. The van der Waals surface area contributed by atoms with Gasteiger partial charge in [0, 0.05) is 10.8 Å². The molecule has 0 radical (unpaired) electrons. The lowest BCUT2D eigenvalue weighted by Crippen LogP contribution is -1.99. The van der Waals surface area contributed by atoms with Crippen molar-refractivity contribution >= 4 is 33.6 Å². The van der Waals surface area contributed by atoms with Gasteiger partial charge >= 0.3 is 0 Å². The zero-order valence-corrected chi connectivity index (χ0v) is 18.2. The molecule has 0 amide bonds. The standard InChI is InChI=1S/C32H23N/c1-4-13-24(14-5-1)23-31(26-17-8-3-9-18-26)33-29-21-11-10-19-28(29)32-27(20-12-22-30(32)33)25-15-6-2-7-16-25/h1-23H. The fourth-order valence-corrected chi connectivity index (χ4v) is 4.73. The van der Waals surface area contributed by atoms with Gasteiger partial charge in [-0.15, -0.1) is 0 Å². The Bertz CT molecular complexity index is 1570. The lowest BCUT2D eigenvalue weighted by molar-refractivity contribution is 1.22. The zero-order chi connectivity index (χ0) is 22.0. The largest absolute Gasteiger partial charge is 0.309 e. The van der Waals surface area contributed by atoms with Crippen LogP contribution in [0.5, 0.6) is 0 Å². The Hall–Kier alpha value is -4.36. The Kier molecular flexibility index (Phi) is 4.86. The molecule has 0 saturated heterocycles. The van der Waals surface area contributed by atoms with Gasteiger partial charge in [-0.2, -0.15) is 0 Å². The Labute approximate surface area is 193 Å². The molecular formula is C32H23N. The molecule has 33 heavy (non-hydrogen) atoms. The highest BCUT2D eigenvalue weighted by Gasteiger charge is 2.17. The van der Waals surface area contributed by atoms with Crippen molar-refractivity contribution in [1.82, 2.24) is 4.57 Å². The molecular weight excluding hydrogens is 398 g/mol. The fraction of sp³-hybridized carbons (Fsp3) is 0. The summed E-state index contributed by atoms with van der Waals surface area (Å²) < 4.78 is 2.42. The molecule has 6 aromatic rings. The predicted octanol–water partition coefficient (Wildman–Crippen LogP) is 8.51. The van der Waals surface area contributed by atoms with Gasteiger partial charge in [0.2, 0.25) is 0 Å². The van der Waals surface area contributed by atoms with Gasteiger partial charge in [-0.05, 0) is 40.5 Å². The molecule has 0 bridgehead atoms. The van der Waals surface area contributed by atoms with Crippen molar-refractivity contribution in [2.75, 3.05) is 0 Å². The summed E-state index contributed by atoms with van der Waals surface area (Å²) in [5, 5.41) is 2.55. The summed E-state index contributed by atoms with van der Waals surface area (Å²) in [4.78, 5) is 0. The van der Waals surface area contributed by atoms with Crippen molar-refractivity contribution in [3.8, 4) is 11.1 Å². The van der Waals surface area contributed by atoms with E-state index in [1.807, 2.05) is 0 Å². The van der Waals surface area contributed by atoms with Gasteiger partial charge in [0.15, 0.2) is 0 Å².